The number of carbonyl (C=O) groups is 1. The van der Waals surface area contributed by atoms with Gasteiger partial charge in [0.15, 0.2) is 5.78 Å². The van der Waals surface area contributed by atoms with Gasteiger partial charge in [0.25, 0.3) is 0 Å². The van der Waals surface area contributed by atoms with Gasteiger partial charge >= 0.3 is 0 Å². The maximum Gasteiger partial charge on any atom is 0.161 e. The molecule has 0 spiro atoms. The molecule has 16 heavy (non-hydrogen) atoms. The van der Waals surface area contributed by atoms with Crippen molar-refractivity contribution in [3.63, 3.8) is 0 Å². The van der Waals surface area contributed by atoms with E-state index in [9.17, 15) is 9.18 Å². The first-order valence-electron chi connectivity index (χ1n) is 5.06. The fourth-order valence-electron chi connectivity index (χ4n) is 1.59. The molecule has 82 valence electrons. The predicted molar refractivity (Wildman–Crippen MR) is 59.9 cm³/mol. The number of rotatable bonds is 3. The Bertz CT molecular complexity index is 516. The van der Waals surface area contributed by atoms with Crippen LogP contribution in [0.4, 0.5) is 4.39 Å². The van der Waals surface area contributed by atoms with E-state index in [4.69, 9.17) is 0 Å². The van der Waals surface area contributed by atoms with E-state index >= 15 is 0 Å². The summed E-state index contributed by atoms with van der Waals surface area (Å²) in [6, 6.07) is 8.21. The van der Waals surface area contributed by atoms with Crippen LogP contribution in [-0.4, -0.2) is 10.4 Å². The number of hydrogen-bond donors (Lipinski definition) is 0. The van der Waals surface area contributed by atoms with Crippen LogP contribution < -0.4 is 0 Å². The average molecular weight is 217 g/mol. The van der Waals surface area contributed by atoms with Crippen molar-refractivity contribution >= 4 is 5.78 Å². The van der Waals surface area contributed by atoms with E-state index in [2.05, 4.69) is 0 Å². The SMILES string of the molecule is CC(=O)c1ccn(Cc2cccc(F)c2)c1. The zero-order valence-corrected chi connectivity index (χ0v) is 8.98. The van der Waals surface area contributed by atoms with Crippen LogP contribution in [0.5, 0.6) is 0 Å². The van der Waals surface area contributed by atoms with Crippen molar-refractivity contribution in [2.75, 3.05) is 0 Å². The van der Waals surface area contributed by atoms with Gasteiger partial charge in [0.1, 0.15) is 5.82 Å². The van der Waals surface area contributed by atoms with Crippen LogP contribution in [0.2, 0.25) is 0 Å². The lowest BCUT2D eigenvalue weighted by Gasteiger charge is -2.02. The van der Waals surface area contributed by atoms with Crippen LogP contribution in [0.15, 0.2) is 42.7 Å². The van der Waals surface area contributed by atoms with Crippen molar-refractivity contribution in [2.45, 2.75) is 13.5 Å². The van der Waals surface area contributed by atoms with E-state index in [0.717, 1.165) is 5.56 Å². The molecular weight excluding hydrogens is 205 g/mol. The lowest BCUT2D eigenvalue weighted by atomic mass is 10.2. The second-order valence-electron chi connectivity index (χ2n) is 3.76. The first kappa shape index (κ1) is 10.6. The minimum Gasteiger partial charge on any atom is -0.349 e. The van der Waals surface area contributed by atoms with Crippen LogP contribution in [0, 0.1) is 5.82 Å². The quantitative estimate of drug-likeness (QED) is 0.724. The third kappa shape index (κ3) is 2.37. The number of halogens is 1. The van der Waals surface area contributed by atoms with Crippen LogP contribution in [-0.2, 0) is 6.54 Å². The van der Waals surface area contributed by atoms with E-state index < -0.39 is 0 Å². The Balaban J connectivity index is 2.17. The van der Waals surface area contributed by atoms with E-state index in [-0.39, 0.29) is 11.6 Å². The van der Waals surface area contributed by atoms with Gasteiger partial charge < -0.3 is 4.57 Å². The molecule has 0 radical (unpaired) electrons. The summed E-state index contributed by atoms with van der Waals surface area (Å²) in [6.07, 6.45) is 3.59. The molecular formula is C13H12FNO. The lowest BCUT2D eigenvalue weighted by molar-refractivity contribution is 0.101. The molecule has 0 fully saturated rings. The Morgan fingerprint density at radius 1 is 1.38 bits per heavy atom. The second kappa shape index (κ2) is 4.31. The maximum atomic E-state index is 12.9. The van der Waals surface area contributed by atoms with Crippen LogP contribution in [0.1, 0.15) is 22.8 Å². The van der Waals surface area contributed by atoms with Gasteiger partial charge in [0, 0.05) is 24.5 Å². The molecule has 0 N–H and O–H groups in total. The first-order valence-corrected chi connectivity index (χ1v) is 5.06. The molecule has 0 aliphatic carbocycles. The standard InChI is InChI=1S/C13H12FNO/c1-10(16)12-5-6-15(9-12)8-11-3-2-4-13(14)7-11/h2-7,9H,8H2,1H3. The summed E-state index contributed by atoms with van der Waals surface area (Å²) in [6.45, 7) is 2.10. The summed E-state index contributed by atoms with van der Waals surface area (Å²) in [5.74, 6) is -0.200. The summed E-state index contributed by atoms with van der Waals surface area (Å²) >= 11 is 0. The Morgan fingerprint density at radius 2 is 2.19 bits per heavy atom. The van der Waals surface area contributed by atoms with Crippen LogP contribution >= 0.6 is 0 Å². The van der Waals surface area contributed by atoms with Gasteiger partial charge in [-0.25, -0.2) is 4.39 Å². The molecule has 0 bridgehead atoms. The highest BCUT2D eigenvalue weighted by atomic mass is 19.1. The molecule has 2 aromatic rings. The molecule has 0 aliphatic heterocycles. The van der Waals surface area contributed by atoms with Gasteiger partial charge in [0.2, 0.25) is 0 Å². The van der Waals surface area contributed by atoms with E-state index in [0.29, 0.717) is 12.1 Å². The van der Waals surface area contributed by atoms with Gasteiger partial charge in [0.05, 0.1) is 0 Å². The molecule has 0 saturated heterocycles. The van der Waals surface area contributed by atoms with Crippen molar-refractivity contribution in [2.24, 2.45) is 0 Å². The minimum atomic E-state index is -0.239. The Labute approximate surface area is 93.3 Å². The summed E-state index contributed by atoms with van der Waals surface area (Å²) in [7, 11) is 0. The molecule has 0 saturated carbocycles. The molecule has 1 aromatic carbocycles. The summed E-state index contributed by atoms with van der Waals surface area (Å²) in [5.41, 5.74) is 1.56. The van der Waals surface area contributed by atoms with Crippen molar-refractivity contribution in [3.05, 3.63) is 59.7 Å². The molecule has 3 heteroatoms. The summed E-state index contributed by atoms with van der Waals surface area (Å²) < 4.78 is 14.8. The number of aromatic nitrogens is 1. The van der Waals surface area contributed by atoms with Gasteiger partial charge in [-0.2, -0.15) is 0 Å². The third-order valence-electron chi connectivity index (χ3n) is 2.41. The van der Waals surface area contributed by atoms with Crippen molar-refractivity contribution < 1.29 is 9.18 Å². The zero-order valence-electron chi connectivity index (χ0n) is 8.98. The van der Waals surface area contributed by atoms with Gasteiger partial charge in [-0.1, -0.05) is 12.1 Å². The highest BCUT2D eigenvalue weighted by Gasteiger charge is 2.02. The highest BCUT2D eigenvalue weighted by molar-refractivity contribution is 5.93. The normalized spacial score (nSPS) is 10.4. The maximum absolute atomic E-state index is 12.9. The molecule has 0 atom stereocenters. The van der Waals surface area contributed by atoms with Gasteiger partial charge in [-0.3, -0.25) is 4.79 Å². The molecule has 2 rings (SSSR count). The van der Waals surface area contributed by atoms with Crippen molar-refractivity contribution in [3.8, 4) is 0 Å². The van der Waals surface area contributed by atoms with Crippen LogP contribution in [0.25, 0.3) is 0 Å². The Morgan fingerprint density at radius 3 is 2.81 bits per heavy atom. The predicted octanol–water partition coefficient (Wildman–Crippen LogP) is 2.88. The number of ketones is 1. The Hall–Kier alpha value is -1.90. The molecule has 1 heterocycles. The largest absolute Gasteiger partial charge is 0.349 e. The fraction of sp³-hybridized carbons (Fsp3) is 0.154. The molecule has 0 amide bonds. The molecule has 0 unspecified atom stereocenters. The van der Waals surface area contributed by atoms with E-state index in [1.807, 2.05) is 16.8 Å². The zero-order chi connectivity index (χ0) is 11.5. The molecule has 1 aromatic heterocycles. The average Bonchev–Trinajstić information content (AvgIpc) is 2.66. The lowest BCUT2D eigenvalue weighted by Crippen LogP contribution is -1.97. The summed E-state index contributed by atoms with van der Waals surface area (Å²) in [4.78, 5) is 11.1. The van der Waals surface area contributed by atoms with Gasteiger partial charge in [-0.05, 0) is 30.7 Å². The first-order chi connectivity index (χ1) is 7.65. The smallest absolute Gasteiger partial charge is 0.161 e. The number of hydrogen-bond acceptors (Lipinski definition) is 1. The fourth-order valence-corrected chi connectivity index (χ4v) is 1.59. The van der Waals surface area contributed by atoms with E-state index in [1.54, 1.807) is 18.3 Å². The van der Waals surface area contributed by atoms with Crippen molar-refractivity contribution in [1.82, 2.24) is 4.57 Å². The second-order valence-corrected chi connectivity index (χ2v) is 3.76. The minimum absolute atomic E-state index is 0.0398. The topological polar surface area (TPSA) is 22.0 Å². The van der Waals surface area contributed by atoms with Crippen LogP contribution in [0.3, 0.4) is 0 Å². The Kier molecular flexibility index (Phi) is 2.86. The van der Waals surface area contributed by atoms with E-state index in [1.165, 1.54) is 19.1 Å². The number of nitrogens with zero attached hydrogens (tertiary/aromatic N) is 1. The molecule has 2 nitrogen and oxygen atoms in total. The number of benzene rings is 1. The summed E-state index contributed by atoms with van der Waals surface area (Å²) in [5, 5.41) is 0. The highest BCUT2D eigenvalue weighted by Crippen LogP contribution is 2.08. The van der Waals surface area contributed by atoms with Crippen molar-refractivity contribution in [1.29, 1.82) is 0 Å². The number of carbonyl (C=O) groups excluding carboxylic acids is 1. The third-order valence-corrected chi connectivity index (χ3v) is 2.41. The molecule has 0 aliphatic rings. The monoisotopic (exact) mass is 217 g/mol. The van der Waals surface area contributed by atoms with Gasteiger partial charge in [-0.15, -0.1) is 0 Å². The number of Topliss-reactive ketones (excluding diaryl/α,β-unsaturated/α-hetero) is 1.